The van der Waals surface area contributed by atoms with Crippen LogP contribution in [0.4, 0.5) is 11.6 Å². The van der Waals surface area contributed by atoms with Gasteiger partial charge in [-0.3, -0.25) is 0 Å². The van der Waals surface area contributed by atoms with E-state index in [-0.39, 0.29) is 4.90 Å². The molecule has 1 aromatic carbocycles. The van der Waals surface area contributed by atoms with E-state index in [1.165, 1.54) is 6.26 Å². The fraction of sp³-hybridized carbons (Fsp3) is 0.278. The lowest BCUT2D eigenvalue weighted by molar-refractivity contribution is 0.602. The van der Waals surface area contributed by atoms with E-state index in [0.29, 0.717) is 5.95 Å². The molecule has 1 N–H and O–H groups in total. The lowest BCUT2D eigenvalue weighted by atomic mass is 10.3. The van der Waals surface area contributed by atoms with Crippen molar-refractivity contribution in [2.45, 2.75) is 31.6 Å². The van der Waals surface area contributed by atoms with Crippen molar-refractivity contribution in [3.63, 3.8) is 0 Å². The number of hydrogen-bond acceptors (Lipinski definition) is 7. The van der Waals surface area contributed by atoms with Gasteiger partial charge in [0, 0.05) is 18.1 Å². The molecule has 0 spiro atoms. The summed E-state index contributed by atoms with van der Waals surface area (Å²) in [6.45, 7) is 4.13. The highest BCUT2D eigenvalue weighted by Gasteiger charge is 2.12. The molecule has 0 fully saturated rings. The average Bonchev–Trinajstić information content (AvgIpc) is 2.96. The molecule has 136 valence electrons. The number of nitrogens with zero attached hydrogens (tertiary/aromatic N) is 3. The molecule has 3 rings (SSSR count). The van der Waals surface area contributed by atoms with Gasteiger partial charge in [0.25, 0.3) is 0 Å². The van der Waals surface area contributed by atoms with Gasteiger partial charge in [-0.05, 0) is 50.1 Å². The van der Waals surface area contributed by atoms with Crippen molar-refractivity contribution >= 4 is 32.8 Å². The standard InChI is InChI=1S/C18H20N4O2S2/c1-4-5-16-20-12(2)17(25-16)15-10-11-19-18(22-15)21-13-6-8-14(9-7-13)26(3,23)24/h6-11H,4-5H2,1-3H3,(H,19,21,22). The maximum absolute atomic E-state index is 11.5. The first-order chi connectivity index (χ1) is 12.4. The zero-order chi connectivity index (χ0) is 18.7. The van der Waals surface area contributed by atoms with E-state index < -0.39 is 9.84 Å². The first-order valence-corrected chi connectivity index (χ1v) is 10.9. The van der Waals surface area contributed by atoms with Crippen molar-refractivity contribution in [1.29, 1.82) is 0 Å². The molecule has 0 aliphatic heterocycles. The number of sulfone groups is 1. The Labute approximate surface area is 157 Å². The van der Waals surface area contributed by atoms with E-state index in [2.05, 4.69) is 27.2 Å². The van der Waals surface area contributed by atoms with Gasteiger partial charge in [0.2, 0.25) is 5.95 Å². The highest BCUT2D eigenvalue weighted by Crippen LogP contribution is 2.30. The van der Waals surface area contributed by atoms with Gasteiger partial charge in [-0.2, -0.15) is 0 Å². The Morgan fingerprint density at radius 1 is 1.12 bits per heavy atom. The summed E-state index contributed by atoms with van der Waals surface area (Å²) in [5.74, 6) is 0.458. The zero-order valence-corrected chi connectivity index (χ0v) is 16.5. The molecule has 0 atom stereocenters. The smallest absolute Gasteiger partial charge is 0.227 e. The number of hydrogen-bond donors (Lipinski definition) is 1. The summed E-state index contributed by atoms with van der Waals surface area (Å²) in [5, 5.41) is 4.23. The molecule has 26 heavy (non-hydrogen) atoms. The van der Waals surface area contributed by atoms with Crippen molar-refractivity contribution in [3.8, 4) is 10.6 Å². The van der Waals surface area contributed by atoms with Crippen molar-refractivity contribution in [3.05, 3.63) is 47.2 Å². The highest BCUT2D eigenvalue weighted by atomic mass is 32.2. The summed E-state index contributed by atoms with van der Waals surface area (Å²) in [6, 6.07) is 8.39. The summed E-state index contributed by atoms with van der Waals surface area (Å²) >= 11 is 1.66. The lowest BCUT2D eigenvalue weighted by Crippen LogP contribution is -1.99. The second kappa shape index (κ2) is 7.51. The number of aromatic nitrogens is 3. The van der Waals surface area contributed by atoms with Crippen LogP contribution in [0, 0.1) is 6.92 Å². The molecule has 0 saturated heterocycles. The molecule has 0 amide bonds. The largest absolute Gasteiger partial charge is 0.324 e. The second-order valence-corrected chi connectivity index (χ2v) is 9.06. The van der Waals surface area contributed by atoms with Gasteiger partial charge in [0.1, 0.15) is 0 Å². The first kappa shape index (κ1) is 18.5. The van der Waals surface area contributed by atoms with E-state index >= 15 is 0 Å². The van der Waals surface area contributed by atoms with Crippen LogP contribution in [0.15, 0.2) is 41.4 Å². The molecule has 8 heteroatoms. The maximum atomic E-state index is 11.5. The fourth-order valence-electron chi connectivity index (χ4n) is 2.47. The van der Waals surface area contributed by atoms with Gasteiger partial charge in [0.05, 0.1) is 26.2 Å². The number of aryl methyl sites for hydroxylation is 2. The Bertz CT molecular complexity index is 1010. The zero-order valence-electron chi connectivity index (χ0n) is 14.9. The molecule has 0 saturated carbocycles. The Kier molecular flexibility index (Phi) is 5.33. The maximum Gasteiger partial charge on any atom is 0.227 e. The van der Waals surface area contributed by atoms with Crippen LogP contribution < -0.4 is 5.32 Å². The molecule has 2 aromatic heterocycles. The van der Waals surface area contributed by atoms with E-state index in [4.69, 9.17) is 0 Å². The average molecular weight is 389 g/mol. The molecule has 2 heterocycles. The third kappa shape index (κ3) is 4.25. The molecule has 0 radical (unpaired) electrons. The van der Waals surface area contributed by atoms with Crippen LogP contribution in [0.25, 0.3) is 10.6 Å². The lowest BCUT2D eigenvalue weighted by Gasteiger charge is -2.07. The highest BCUT2D eigenvalue weighted by molar-refractivity contribution is 7.90. The van der Waals surface area contributed by atoms with Crippen LogP contribution >= 0.6 is 11.3 Å². The third-order valence-electron chi connectivity index (χ3n) is 3.73. The third-order valence-corrected chi connectivity index (χ3v) is 6.10. The number of thiazole rings is 1. The van der Waals surface area contributed by atoms with Gasteiger partial charge in [-0.1, -0.05) is 6.92 Å². The normalized spacial score (nSPS) is 11.5. The fourth-order valence-corrected chi connectivity index (χ4v) is 4.24. The molecular formula is C18H20N4O2S2. The molecule has 0 aliphatic carbocycles. The summed E-state index contributed by atoms with van der Waals surface area (Å²) < 4.78 is 23.1. The summed E-state index contributed by atoms with van der Waals surface area (Å²) in [6.07, 6.45) is 4.92. The van der Waals surface area contributed by atoms with Crippen LogP contribution in [-0.4, -0.2) is 29.6 Å². The minimum absolute atomic E-state index is 0.279. The van der Waals surface area contributed by atoms with E-state index in [1.807, 2.05) is 13.0 Å². The Morgan fingerprint density at radius 3 is 2.50 bits per heavy atom. The van der Waals surface area contributed by atoms with E-state index in [9.17, 15) is 8.42 Å². The number of anilines is 2. The van der Waals surface area contributed by atoms with Crippen LogP contribution in [-0.2, 0) is 16.3 Å². The molecular weight excluding hydrogens is 368 g/mol. The summed E-state index contributed by atoms with van der Waals surface area (Å²) in [7, 11) is -3.21. The summed E-state index contributed by atoms with van der Waals surface area (Å²) in [4.78, 5) is 14.8. The number of nitrogens with one attached hydrogen (secondary N) is 1. The number of benzene rings is 1. The van der Waals surface area contributed by atoms with Crippen molar-refractivity contribution in [2.24, 2.45) is 0 Å². The minimum atomic E-state index is -3.21. The number of rotatable bonds is 6. The van der Waals surface area contributed by atoms with Gasteiger partial charge in [-0.25, -0.2) is 23.4 Å². The van der Waals surface area contributed by atoms with Gasteiger partial charge < -0.3 is 5.32 Å². The Balaban J connectivity index is 1.84. The minimum Gasteiger partial charge on any atom is -0.324 e. The molecule has 6 nitrogen and oxygen atoms in total. The van der Waals surface area contributed by atoms with Crippen molar-refractivity contribution < 1.29 is 8.42 Å². The van der Waals surface area contributed by atoms with Gasteiger partial charge >= 0.3 is 0 Å². The van der Waals surface area contributed by atoms with Crippen molar-refractivity contribution in [1.82, 2.24) is 15.0 Å². The predicted molar refractivity (Wildman–Crippen MR) is 105 cm³/mol. The molecule has 3 aromatic rings. The van der Waals surface area contributed by atoms with Gasteiger partial charge in [0.15, 0.2) is 9.84 Å². The van der Waals surface area contributed by atoms with E-state index in [1.54, 1.807) is 41.8 Å². The Hall–Kier alpha value is -2.32. The van der Waals surface area contributed by atoms with Crippen LogP contribution in [0.2, 0.25) is 0 Å². The molecule has 0 unspecified atom stereocenters. The Morgan fingerprint density at radius 2 is 1.85 bits per heavy atom. The first-order valence-electron chi connectivity index (χ1n) is 8.23. The predicted octanol–water partition coefficient (Wildman–Crippen LogP) is 4.01. The van der Waals surface area contributed by atoms with E-state index in [0.717, 1.165) is 39.8 Å². The molecule has 0 aliphatic rings. The quantitative estimate of drug-likeness (QED) is 0.687. The molecule has 0 bridgehead atoms. The SMILES string of the molecule is CCCc1nc(C)c(-c2ccnc(Nc3ccc(S(C)(=O)=O)cc3)n2)s1. The van der Waals surface area contributed by atoms with Crippen LogP contribution in [0.5, 0.6) is 0 Å². The summed E-state index contributed by atoms with van der Waals surface area (Å²) in [5.41, 5.74) is 2.52. The van der Waals surface area contributed by atoms with Crippen LogP contribution in [0.3, 0.4) is 0 Å². The monoisotopic (exact) mass is 388 g/mol. The van der Waals surface area contributed by atoms with Crippen LogP contribution in [0.1, 0.15) is 24.0 Å². The van der Waals surface area contributed by atoms with Gasteiger partial charge in [-0.15, -0.1) is 11.3 Å². The topological polar surface area (TPSA) is 84.8 Å². The second-order valence-electron chi connectivity index (χ2n) is 5.96. The van der Waals surface area contributed by atoms with Crippen molar-refractivity contribution in [2.75, 3.05) is 11.6 Å².